The highest BCUT2D eigenvalue weighted by Gasteiger charge is 2.78. The van der Waals surface area contributed by atoms with Crippen molar-refractivity contribution in [3.8, 4) is 11.5 Å². The Morgan fingerprint density at radius 1 is 1.31 bits per heavy atom. The van der Waals surface area contributed by atoms with Crippen LogP contribution in [0.5, 0.6) is 11.5 Å². The number of likely N-dealkylation sites (N-methyl/N-ethyl adjacent to an activating group) is 1. The van der Waals surface area contributed by atoms with Crippen LogP contribution < -0.4 is 4.74 Å². The number of hydrogen-bond donors (Lipinski definition) is 4. The third-order valence-corrected chi connectivity index (χ3v) is 8.53. The van der Waals surface area contributed by atoms with Gasteiger partial charge in [-0.15, -0.1) is 0 Å². The Hall–Kier alpha value is -1.67. The summed E-state index contributed by atoms with van der Waals surface area (Å²) in [6.45, 7) is 0.614. The van der Waals surface area contributed by atoms with E-state index < -0.39 is 35.2 Å². The standard InChI is InChI=1S/C21H25NO6.CH3/c1-22(19(26)10-2-3-10)7-6-20-15-11-4-5-12(23)17(15)28-18(20)16(25)13(24)9-21(20,27)14(22)8-11;/h4-5,10,13-14,18-19,24,26-27H,2-3,6-9H2,1H3;1H3/q;-1/p+1/t13?,14-,18+,19?,20+,21-,22+;/m1./s1. The first kappa shape index (κ1) is 19.3. The number of likely N-dealkylation sites (tertiary alicyclic amines) is 1. The highest BCUT2D eigenvalue weighted by molar-refractivity contribution is 5.93. The molecule has 4 N–H and O–H groups in total. The zero-order valence-electron chi connectivity index (χ0n) is 16.8. The second-order valence-corrected chi connectivity index (χ2v) is 9.76. The molecule has 1 aromatic carbocycles. The number of carbonyl (C=O) groups is 1. The van der Waals surface area contributed by atoms with Crippen LogP contribution in [0.1, 0.15) is 36.8 Å². The molecule has 158 valence electrons. The molecule has 2 heterocycles. The van der Waals surface area contributed by atoms with Crippen LogP contribution in [0.4, 0.5) is 0 Å². The fraction of sp³-hybridized carbons (Fsp3) is 0.636. The summed E-state index contributed by atoms with van der Waals surface area (Å²) in [5.41, 5.74) is -0.666. The van der Waals surface area contributed by atoms with Crippen molar-refractivity contribution < 1.29 is 34.4 Å². The molecule has 3 aliphatic carbocycles. The van der Waals surface area contributed by atoms with Gasteiger partial charge in [0, 0.05) is 30.7 Å². The van der Waals surface area contributed by atoms with Crippen LogP contribution in [0.2, 0.25) is 0 Å². The van der Waals surface area contributed by atoms with Gasteiger partial charge in [0.25, 0.3) is 0 Å². The van der Waals surface area contributed by atoms with Crippen LogP contribution in [0.25, 0.3) is 0 Å². The lowest BCUT2D eigenvalue weighted by molar-refractivity contribution is -0.991. The minimum Gasteiger partial charge on any atom is -0.504 e. The summed E-state index contributed by atoms with van der Waals surface area (Å²) in [6.07, 6.45) is 0.0203. The van der Waals surface area contributed by atoms with Gasteiger partial charge in [-0.1, -0.05) is 6.07 Å². The van der Waals surface area contributed by atoms with Crippen molar-refractivity contribution in [1.29, 1.82) is 0 Å². The van der Waals surface area contributed by atoms with Crippen molar-refractivity contribution in [3.05, 3.63) is 30.7 Å². The number of hydrogen-bond acceptors (Lipinski definition) is 6. The molecule has 1 spiro atoms. The normalized spacial score (nSPS) is 45.1. The number of phenols is 1. The number of aromatic hydroxyl groups is 1. The van der Waals surface area contributed by atoms with Gasteiger partial charge in [-0.3, -0.25) is 9.28 Å². The third-order valence-electron chi connectivity index (χ3n) is 8.53. The van der Waals surface area contributed by atoms with E-state index in [1.165, 1.54) is 0 Å². The Morgan fingerprint density at radius 2 is 2.03 bits per heavy atom. The summed E-state index contributed by atoms with van der Waals surface area (Å²) in [7, 11) is 2.00. The van der Waals surface area contributed by atoms with Crippen molar-refractivity contribution in [2.75, 3.05) is 13.6 Å². The van der Waals surface area contributed by atoms with Gasteiger partial charge >= 0.3 is 0 Å². The van der Waals surface area contributed by atoms with Crippen molar-refractivity contribution in [3.63, 3.8) is 0 Å². The fourth-order valence-electron chi connectivity index (χ4n) is 6.98. The zero-order chi connectivity index (χ0) is 19.6. The number of phenolic OH excluding ortho intramolecular Hbond substituents is 1. The Bertz CT molecular complexity index is 915. The number of nitrogens with zero attached hydrogens (tertiary/aromatic N) is 1. The molecule has 3 fully saturated rings. The first-order valence-corrected chi connectivity index (χ1v) is 10.2. The van der Waals surface area contributed by atoms with E-state index in [1.54, 1.807) is 6.07 Å². The number of quaternary nitrogens is 1. The number of rotatable bonds is 2. The van der Waals surface area contributed by atoms with Gasteiger partial charge in [-0.25, -0.2) is 0 Å². The molecule has 2 saturated carbocycles. The van der Waals surface area contributed by atoms with Crippen LogP contribution in [0.3, 0.4) is 0 Å². The summed E-state index contributed by atoms with van der Waals surface area (Å²) in [5, 5.41) is 44.2. The predicted octanol–water partition coefficient (Wildman–Crippen LogP) is 0.409. The lowest BCUT2D eigenvalue weighted by Gasteiger charge is -2.65. The minimum atomic E-state index is -1.39. The highest BCUT2D eigenvalue weighted by Crippen LogP contribution is 2.66. The van der Waals surface area contributed by atoms with Crippen LogP contribution in [0, 0.1) is 13.3 Å². The Labute approximate surface area is 170 Å². The monoisotopic (exact) mass is 403 g/mol. The number of ketones is 1. The number of carbonyl (C=O) groups excluding carboxylic acids is 1. The van der Waals surface area contributed by atoms with E-state index in [0.29, 0.717) is 23.9 Å². The van der Waals surface area contributed by atoms with Crippen molar-refractivity contribution in [2.45, 2.75) is 67.6 Å². The number of aliphatic hydroxyl groups excluding tert-OH is 2. The van der Waals surface area contributed by atoms with E-state index in [4.69, 9.17) is 4.74 Å². The number of ether oxygens (including phenoxy) is 1. The van der Waals surface area contributed by atoms with Gasteiger partial charge in [0.1, 0.15) is 17.7 Å². The molecule has 1 aromatic rings. The molecule has 5 aliphatic rings. The zero-order valence-corrected chi connectivity index (χ0v) is 16.8. The van der Waals surface area contributed by atoms with Crippen molar-refractivity contribution in [1.82, 2.24) is 0 Å². The van der Waals surface area contributed by atoms with Crippen molar-refractivity contribution >= 4 is 5.78 Å². The molecule has 7 heteroatoms. The summed E-state index contributed by atoms with van der Waals surface area (Å²) in [4.78, 5) is 12.9. The molecule has 2 unspecified atom stereocenters. The van der Waals surface area contributed by atoms with E-state index >= 15 is 0 Å². The average Bonchev–Trinajstić information content (AvgIpc) is 3.43. The maximum atomic E-state index is 12.9. The van der Waals surface area contributed by atoms with Gasteiger partial charge in [0.05, 0.1) is 19.0 Å². The van der Waals surface area contributed by atoms with E-state index in [9.17, 15) is 25.2 Å². The maximum Gasteiger partial charge on any atom is 0.202 e. The fourth-order valence-corrected chi connectivity index (χ4v) is 6.98. The first-order valence-electron chi connectivity index (χ1n) is 10.2. The second kappa shape index (κ2) is 5.52. The maximum absolute atomic E-state index is 12.9. The van der Waals surface area contributed by atoms with Crippen molar-refractivity contribution in [2.24, 2.45) is 5.92 Å². The molecule has 0 amide bonds. The van der Waals surface area contributed by atoms with E-state index in [0.717, 1.165) is 24.0 Å². The van der Waals surface area contributed by atoms with E-state index in [2.05, 4.69) is 0 Å². The number of aliphatic hydroxyl groups is 3. The number of piperidine rings is 1. The lowest BCUT2D eigenvalue weighted by Crippen LogP contribution is -2.83. The molecule has 7 nitrogen and oxygen atoms in total. The Balaban J connectivity index is 0.00000181. The van der Waals surface area contributed by atoms with E-state index in [1.807, 2.05) is 13.1 Å². The smallest absolute Gasteiger partial charge is 0.202 e. The van der Waals surface area contributed by atoms with Crippen LogP contribution in [0.15, 0.2) is 12.1 Å². The number of Topliss-reactive ketones (excluding diaryl/α,β-unsaturated/α-hetero) is 1. The van der Waals surface area contributed by atoms with Gasteiger partial charge in [-0.2, -0.15) is 0 Å². The average molecular weight is 403 g/mol. The third kappa shape index (κ3) is 1.95. The molecule has 1 saturated heterocycles. The predicted molar refractivity (Wildman–Crippen MR) is 103 cm³/mol. The SMILES string of the molecule is C[N@+]1(C(O)C2CC2)CC[C@]23c4c5ccc(O)c4O[C@H]2C(=O)C(O)C[C@@]3(O)[C@H]1C5.[CH3-]. The Morgan fingerprint density at radius 3 is 2.72 bits per heavy atom. The van der Waals surface area contributed by atoms with Gasteiger partial charge in [0.15, 0.2) is 23.8 Å². The van der Waals surface area contributed by atoms with Crippen LogP contribution >= 0.6 is 0 Å². The second-order valence-electron chi connectivity index (χ2n) is 9.76. The van der Waals surface area contributed by atoms with Crippen LogP contribution in [-0.2, 0) is 16.6 Å². The molecule has 2 bridgehead atoms. The molecule has 7 atom stereocenters. The molecule has 0 radical (unpaired) electrons. The molecular weight excluding hydrogens is 374 g/mol. The largest absolute Gasteiger partial charge is 0.504 e. The summed E-state index contributed by atoms with van der Waals surface area (Å²) >= 11 is 0. The summed E-state index contributed by atoms with van der Waals surface area (Å²) in [6, 6.07) is 3.07. The molecular formula is C22H29NO6. The molecule has 2 aliphatic heterocycles. The van der Waals surface area contributed by atoms with E-state index in [-0.39, 0.29) is 37.3 Å². The molecule has 0 aromatic heterocycles. The number of benzene rings is 1. The van der Waals surface area contributed by atoms with Gasteiger partial charge in [-0.05, 0) is 24.5 Å². The quantitative estimate of drug-likeness (QED) is 0.421. The topological polar surface area (TPSA) is 107 Å². The lowest BCUT2D eigenvalue weighted by atomic mass is 9.48. The molecule has 29 heavy (non-hydrogen) atoms. The summed E-state index contributed by atoms with van der Waals surface area (Å²) in [5.74, 6) is 0.0584. The first-order chi connectivity index (χ1) is 13.2. The highest BCUT2D eigenvalue weighted by atomic mass is 16.5. The Kier molecular flexibility index (Phi) is 3.67. The molecule has 6 rings (SSSR count). The van der Waals surface area contributed by atoms with Gasteiger partial charge < -0.3 is 32.6 Å². The van der Waals surface area contributed by atoms with Crippen LogP contribution in [-0.4, -0.2) is 74.4 Å². The van der Waals surface area contributed by atoms with Gasteiger partial charge in [0.2, 0.25) is 5.78 Å². The summed E-state index contributed by atoms with van der Waals surface area (Å²) < 4.78 is 6.28. The minimum absolute atomic E-state index is 0.